The SMILES string of the molecule is C[C@H]1[C@H]2OC(C)(C)O[C@H]2[C@H](C2(N)CC2)N1Cc1ccccc1. The molecule has 2 saturated heterocycles. The van der Waals surface area contributed by atoms with Crippen molar-refractivity contribution in [3.63, 3.8) is 0 Å². The molecule has 1 aliphatic carbocycles. The van der Waals surface area contributed by atoms with Gasteiger partial charge >= 0.3 is 0 Å². The van der Waals surface area contributed by atoms with Gasteiger partial charge in [-0.15, -0.1) is 0 Å². The number of hydrogen-bond donors (Lipinski definition) is 1. The number of nitrogens with zero attached hydrogens (tertiary/aromatic N) is 1. The first-order valence-electron chi connectivity index (χ1n) is 8.34. The van der Waals surface area contributed by atoms with Crippen molar-refractivity contribution in [2.45, 2.75) is 75.8 Å². The zero-order chi connectivity index (χ0) is 15.5. The molecule has 4 rings (SSSR count). The number of rotatable bonds is 3. The molecule has 1 saturated carbocycles. The third kappa shape index (κ3) is 2.29. The molecule has 0 amide bonds. The Bertz CT molecular complexity index is 555. The molecule has 4 nitrogen and oxygen atoms in total. The molecule has 0 aromatic heterocycles. The zero-order valence-electron chi connectivity index (χ0n) is 13.7. The fraction of sp³-hybridized carbons (Fsp3) is 0.667. The highest BCUT2D eigenvalue weighted by atomic mass is 16.8. The van der Waals surface area contributed by atoms with E-state index in [1.165, 1.54) is 5.56 Å². The van der Waals surface area contributed by atoms with Gasteiger partial charge in [0, 0.05) is 18.1 Å². The second-order valence-electron chi connectivity index (χ2n) is 7.64. The molecule has 22 heavy (non-hydrogen) atoms. The second-order valence-corrected chi connectivity index (χ2v) is 7.64. The highest BCUT2D eigenvalue weighted by Crippen LogP contribution is 2.50. The molecule has 1 aromatic rings. The van der Waals surface area contributed by atoms with Crippen LogP contribution in [0.4, 0.5) is 0 Å². The molecule has 0 radical (unpaired) electrons. The minimum Gasteiger partial charge on any atom is -0.343 e. The normalized spacial score (nSPS) is 38.9. The van der Waals surface area contributed by atoms with E-state index in [-0.39, 0.29) is 23.8 Å². The van der Waals surface area contributed by atoms with Crippen LogP contribution in [0.2, 0.25) is 0 Å². The van der Waals surface area contributed by atoms with E-state index in [4.69, 9.17) is 15.2 Å². The van der Waals surface area contributed by atoms with Gasteiger partial charge in [-0.05, 0) is 39.2 Å². The summed E-state index contributed by atoms with van der Waals surface area (Å²) in [5, 5.41) is 0. The van der Waals surface area contributed by atoms with Crippen LogP contribution in [-0.2, 0) is 16.0 Å². The molecule has 0 spiro atoms. The Morgan fingerprint density at radius 1 is 1.14 bits per heavy atom. The van der Waals surface area contributed by atoms with E-state index in [1.807, 2.05) is 13.8 Å². The molecule has 120 valence electrons. The number of benzene rings is 1. The Hall–Kier alpha value is -0.940. The minimum atomic E-state index is -0.494. The fourth-order valence-corrected chi connectivity index (χ4v) is 4.20. The Morgan fingerprint density at radius 2 is 1.77 bits per heavy atom. The van der Waals surface area contributed by atoms with Gasteiger partial charge in [0.15, 0.2) is 5.79 Å². The maximum Gasteiger partial charge on any atom is 0.163 e. The lowest BCUT2D eigenvalue weighted by Crippen LogP contribution is -2.53. The predicted octanol–water partition coefficient (Wildman–Crippen LogP) is 2.27. The van der Waals surface area contributed by atoms with Crippen LogP contribution in [0.15, 0.2) is 30.3 Å². The molecule has 4 heteroatoms. The number of ether oxygens (including phenoxy) is 2. The van der Waals surface area contributed by atoms with E-state index in [0.717, 1.165) is 19.4 Å². The predicted molar refractivity (Wildman–Crippen MR) is 85.2 cm³/mol. The molecule has 3 fully saturated rings. The van der Waals surface area contributed by atoms with Gasteiger partial charge < -0.3 is 15.2 Å². The standard InChI is InChI=1S/C18H26N2O2/c1-12-14-15(22-17(2,3)21-14)16(18(19)9-10-18)20(12)11-13-7-5-4-6-8-13/h4-8,12,14-16H,9-11,19H2,1-3H3/t12-,14+,15+,16+/m0/s1. The molecule has 0 unspecified atom stereocenters. The summed E-state index contributed by atoms with van der Waals surface area (Å²) in [6.07, 6.45) is 2.37. The third-order valence-corrected chi connectivity index (χ3v) is 5.46. The molecule has 2 aliphatic heterocycles. The van der Waals surface area contributed by atoms with E-state index >= 15 is 0 Å². The molecule has 0 bridgehead atoms. The van der Waals surface area contributed by atoms with E-state index < -0.39 is 5.79 Å². The lowest BCUT2D eigenvalue weighted by molar-refractivity contribution is -0.169. The first-order chi connectivity index (χ1) is 10.4. The molecule has 1 aromatic carbocycles. The van der Waals surface area contributed by atoms with Gasteiger partial charge in [0.05, 0.1) is 6.04 Å². The highest BCUT2D eigenvalue weighted by molar-refractivity contribution is 5.22. The summed E-state index contributed by atoms with van der Waals surface area (Å²) in [4.78, 5) is 2.51. The van der Waals surface area contributed by atoms with Crippen molar-refractivity contribution in [1.82, 2.24) is 4.90 Å². The van der Waals surface area contributed by atoms with Crippen LogP contribution in [0.25, 0.3) is 0 Å². The quantitative estimate of drug-likeness (QED) is 0.930. The van der Waals surface area contributed by atoms with Crippen molar-refractivity contribution in [3.05, 3.63) is 35.9 Å². The Morgan fingerprint density at radius 3 is 2.41 bits per heavy atom. The van der Waals surface area contributed by atoms with E-state index in [2.05, 4.69) is 42.2 Å². The summed E-state index contributed by atoms with van der Waals surface area (Å²) in [6, 6.07) is 11.2. The summed E-state index contributed by atoms with van der Waals surface area (Å²) in [6.45, 7) is 7.17. The average Bonchev–Trinajstić information content (AvgIpc) is 3.06. The number of hydrogen-bond acceptors (Lipinski definition) is 4. The molecule has 4 atom stereocenters. The van der Waals surface area contributed by atoms with Gasteiger partial charge in [-0.1, -0.05) is 30.3 Å². The second kappa shape index (κ2) is 4.78. The molecular formula is C18H26N2O2. The third-order valence-electron chi connectivity index (χ3n) is 5.46. The first-order valence-corrected chi connectivity index (χ1v) is 8.34. The summed E-state index contributed by atoms with van der Waals surface area (Å²) in [5.41, 5.74) is 7.84. The van der Waals surface area contributed by atoms with Gasteiger partial charge in [0.1, 0.15) is 12.2 Å². The van der Waals surface area contributed by atoms with Crippen LogP contribution in [-0.4, -0.2) is 40.5 Å². The smallest absolute Gasteiger partial charge is 0.163 e. The molecular weight excluding hydrogens is 276 g/mol. The topological polar surface area (TPSA) is 47.7 Å². The van der Waals surface area contributed by atoms with Crippen molar-refractivity contribution in [3.8, 4) is 0 Å². The summed E-state index contributed by atoms with van der Waals surface area (Å²) < 4.78 is 12.4. The lowest BCUT2D eigenvalue weighted by Gasteiger charge is -2.36. The van der Waals surface area contributed by atoms with Crippen molar-refractivity contribution in [2.75, 3.05) is 0 Å². The van der Waals surface area contributed by atoms with Crippen LogP contribution in [0.3, 0.4) is 0 Å². The van der Waals surface area contributed by atoms with Gasteiger partial charge in [0.2, 0.25) is 0 Å². The lowest BCUT2D eigenvalue weighted by atomic mass is 10.00. The van der Waals surface area contributed by atoms with E-state index in [1.54, 1.807) is 0 Å². The number of likely N-dealkylation sites (tertiary alicyclic amines) is 1. The highest BCUT2D eigenvalue weighted by Gasteiger charge is 2.64. The molecule has 3 aliphatic rings. The van der Waals surface area contributed by atoms with Gasteiger partial charge in [-0.2, -0.15) is 0 Å². The van der Waals surface area contributed by atoms with E-state index in [9.17, 15) is 0 Å². The van der Waals surface area contributed by atoms with Gasteiger partial charge in [-0.3, -0.25) is 4.90 Å². The largest absolute Gasteiger partial charge is 0.343 e. The first kappa shape index (κ1) is 14.6. The van der Waals surface area contributed by atoms with Gasteiger partial charge in [0.25, 0.3) is 0 Å². The Labute approximate surface area is 132 Å². The monoisotopic (exact) mass is 302 g/mol. The van der Waals surface area contributed by atoms with E-state index in [0.29, 0.717) is 6.04 Å². The van der Waals surface area contributed by atoms with Crippen LogP contribution in [0.1, 0.15) is 39.2 Å². The van der Waals surface area contributed by atoms with Crippen molar-refractivity contribution >= 4 is 0 Å². The van der Waals surface area contributed by atoms with Crippen LogP contribution < -0.4 is 5.73 Å². The van der Waals surface area contributed by atoms with Gasteiger partial charge in [-0.25, -0.2) is 0 Å². The number of nitrogens with two attached hydrogens (primary N) is 1. The van der Waals surface area contributed by atoms with Crippen LogP contribution >= 0.6 is 0 Å². The summed E-state index contributed by atoms with van der Waals surface area (Å²) >= 11 is 0. The summed E-state index contributed by atoms with van der Waals surface area (Å²) in [5.74, 6) is -0.494. The summed E-state index contributed by atoms with van der Waals surface area (Å²) in [7, 11) is 0. The maximum atomic E-state index is 6.63. The number of fused-ring (bicyclic) bond motifs is 1. The van der Waals surface area contributed by atoms with Crippen LogP contribution in [0, 0.1) is 0 Å². The van der Waals surface area contributed by atoms with Crippen molar-refractivity contribution < 1.29 is 9.47 Å². The Balaban J connectivity index is 1.63. The molecule has 2 N–H and O–H groups in total. The van der Waals surface area contributed by atoms with Crippen molar-refractivity contribution in [1.29, 1.82) is 0 Å². The zero-order valence-corrected chi connectivity index (χ0v) is 13.7. The molecule has 2 heterocycles. The van der Waals surface area contributed by atoms with Crippen LogP contribution in [0.5, 0.6) is 0 Å². The van der Waals surface area contributed by atoms with Crippen molar-refractivity contribution in [2.24, 2.45) is 5.73 Å². The minimum absolute atomic E-state index is 0.0845. The fourth-order valence-electron chi connectivity index (χ4n) is 4.20. The Kier molecular flexibility index (Phi) is 3.18. The maximum absolute atomic E-state index is 6.63. The average molecular weight is 302 g/mol.